The average Bonchev–Trinajstić information content (AvgIpc) is 3.67. The average molecular weight is 792 g/mol. The molecule has 0 N–H and O–H groups in total. The molecule has 11 aromatic rings. The molecular weight excluding hydrogens is 755 g/mol. The standard InChI is InChI=1S/C57H37N5/c1-3-19-38(20-4-1)54-58-55(39-21-5-2-6-22-39)60-56(59-54)62-50-30-14-10-26-43(50)44-36-48-41(35-53(44)62)34-40-23-8-11-27-45(40)57(48)46-28-12-15-31-51(46)61(52-32-16-13-29-47(52)57)49-33-17-24-37-18-7-9-25-42(37)49/h1-33,35-36H,34H2. The van der Waals surface area contributed by atoms with Crippen LogP contribution in [-0.2, 0) is 11.8 Å². The van der Waals surface area contributed by atoms with E-state index in [-0.39, 0.29) is 0 Å². The van der Waals surface area contributed by atoms with E-state index in [0.29, 0.717) is 17.6 Å². The van der Waals surface area contributed by atoms with Crippen LogP contribution in [0, 0.1) is 0 Å². The summed E-state index contributed by atoms with van der Waals surface area (Å²) in [5.74, 6) is 1.86. The lowest BCUT2D eigenvalue weighted by Crippen LogP contribution is -2.41. The van der Waals surface area contributed by atoms with Gasteiger partial charge in [-0.25, -0.2) is 4.98 Å². The number of anilines is 3. The number of aromatic nitrogens is 4. The number of benzene rings is 9. The first-order chi connectivity index (χ1) is 30.8. The van der Waals surface area contributed by atoms with Crippen LogP contribution in [0.5, 0.6) is 0 Å². The van der Waals surface area contributed by atoms with Crippen molar-refractivity contribution < 1.29 is 0 Å². The predicted octanol–water partition coefficient (Wildman–Crippen LogP) is 13.5. The molecule has 0 bridgehead atoms. The second-order valence-corrected chi connectivity index (χ2v) is 16.3. The molecule has 1 aliphatic carbocycles. The summed E-state index contributed by atoms with van der Waals surface area (Å²) in [4.78, 5) is 18.1. The summed E-state index contributed by atoms with van der Waals surface area (Å²) in [6, 6.07) is 76.7. The maximum Gasteiger partial charge on any atom is 0.238 e. The molecule has 2 aromatic heterocycles. The molecule has 0 radical (unpaired) electrons. The number of nitrogens with zero attached hydrogens (tertiary/aromatic N) is 5. The molecule has 62 heavy (non-hydrogen) atoms. The second-order valence-electron chi connectivity index (χ2n) is 16.3. The first-order valence-corrected chi connectivity index (χ1v) is 21.2. The Labute approximate surface area is 358 Å². The van der Waals surface area contributed by atoms with Crippen molar-refractivity contribution in [2.24, 2.45) is 0 Å². The summed E-state index contributed by atoms with van der Waals surface area (Å²) in [6.45, 7) is 0. The second kappa shape index (κ2) is 13.4. The summed E-state index contributed by atoms with van der Waals surface area (Å²) >= 11 is 0. The van der Waals surface area contributed by atoms with Crippen molar-refractivity contribution in [2.75, 3.05) is 4.90 Å². The zero-order valence-corrected chi connectivity index (χ0v) is 33.7. The molecule has 5 heteroatoms. The van der Waals surface area contributed by atoms with E-state index < -0.39 is 5.41 Å². The van der Waals surface area contributed by atoms with Gasteiger partial charge in [-0.05, 0) is 81.6 Å². The van der Waals surface area contributed by atoms with Crippen LogP contribution in [0.4, 0.5) is 17.1 Å². The summed E-state index contributed by atoms with van der Waals surface area (Å²) in [5.41, 5.74) is 14.7. The maximum atomic E-state index is 5.26. The van der Waals surface area contributed by atoms with E-state index in [1.165, 1.54) is 61.2 Å². The fraction of sp³-hybridized carbons (Fsp3) is 0.0351. The SMILES string of the molecule is c1ccc(-c2nc(-c3ccccc3)nc(-n3c4ccccc4c4cc5c(cc43)Cc3ccccc3C53c4ccccc4N(c4cccc5ccccc45)c4ccccc43)n2)cc1. The lowest BCUT2D eigenvalue weighted by Gasteiger charge is -2.49. The molecule has 13 rings (SSSR count). The molecule has 0 saturated carbocycles. The highest BCUT2D eigenvalue weighted by molar-refractivity contribution is 6.10. The number of hydrogen-bond donors (Lipinski definition) is 0. The van der Waals surface area contributed by atoms with E-state index in [9.17, 15) is 0 Å². The largest absolute Gasteiger partial charge is 0.309 e. The van der Waals surface area contributed by atoms with Crippen molar-refractivity contribution in [3.63, 3.8) is 0 Å². The molecule has 1 spiro atoms. The lowest BCUT2D eigenvalue weighted by atomic mass is 9.57. The molecule has 0 atom stereocenters. The van der Waals surface area contributed by atoms with Crippen molar-refractivity contribution in [1.82, 2.24) is 19.5 Å². The van der Waals surface area contributed by atoms with Crippen LogP contribution in [-0.4, -0.2) is 19.5 Å². The number of para-hydroxylation sites is 3. The summed E-state index contributed by atoms with van der Waals surface area (Å²) in [6.07, 6.45) is 0.795. The molecule has 2 aliphatic rings. The zero-order valence-electron chi connectivity index (χ0n) is 33.7. The van der Waals surface area contributed by atoms with E-state index in [0.717, 1.165) is 39.4 Å². The third kappa shape index (κ3) is 4.93. The van der Waals surface area contributed by atoms with Crippen LogP contribution < -0.4 is 4.90 Å². The van der Waals surface area contributed by atoms with Gasteiger partial charge in [-0.1, -0.05) is 176 Å². The van der Waals surface area contributed by atoms with E-state index in [1.54, 1.807) is 0 Å². The zero-order chi connectivity index (χ0) is 40.8. The molecule has 5 nitrogen and oxygen atoms in total. The third-order valence-corrected chi connectivity index (χ3v) is 13.1. The molecule has 1 aliphatic heterocycles. The van der Waals surface area contributed by atoms with Crippen LogP contribution in [0.3, 0.4) is 0 Å². The van der Waals surface area contributed by atoms with Crippen molar-refractivity contribution in [2.45, 2.75) is 11.8 Å². The van der Waals surface area contributed by atoms with Gasteiger partial charge in [0.15, 0.2) is 11.6 Å². The van der Waals surface area contributed by atoms with Crippen LogP contribution >= 0.6 is 0 Å². The Morgan fingerprint density at radius 2 is 0.919 bits per heavy atom. The maximum absolute atomic E-state index is 5.26. The third-order valence-electron chi connectivity index (χ3n) is 13.1. The minimum atomic E-state index is -0.607. The Bertz CT molecular complexity index is 3460. The van der Waals surface area contributed by atoms with Crippen molar-refractivity contribution in [3.8, 4) is 28.7 Å². The first-order valence-electron chi connectivity index (χ1n) is 21.2. The van der Waals surface area contributed by atoms with E-state index in [4.69, 9.17) is 15.0 Å². The Kier molecular flexibility index (Phi) is 7.51. The van der Waals surface area contributed by atoms with Crippen LogP contribution in [0.25, 0.3) is 61.3 Å². The lowest BCUT2D eigenvalue weighted by molar-refractivity contribution is 0.694. The van der Waals surface area contributed by atoms with Gasteiger partial charge in [-0.15, -0.1) is 0 Å². The Balaban J connectivity index is 1.12. The number of fused-ring (bicyclic) bond motifs is 12. The minimum Gasteiger partial charge on any atom is -0.309 e. The number of rotatable bonds is 4. The number of hydrogen-bond acceptors (Lipinski definition) is 4. The van der Waals surface area contributed by atoms with Crippen LogP contribution in [0.15, 0.2) is 212 Å². The highest BCUT2D eigenvalue weighted by Crippen LogP contribution is 2.61. The quantitative estimate of drug-likeness (QED) is 0.178. The van der Waals surface area contributed by atoms with Gasteiger partial charge >= 0.3 is 0 Å². The molecule has 0 saturated heterocycles. The van der Waals surface area contributed by atoms with Gasteiger partial charge in [0.2, 0.25) is 5.95 Å². The molecule has 3 heterocycles. The molecule has 0 fully saturated rings. The van der Waals surface area contributed by atoms with E-state index in [1.807, 2.05) is 36.4 Å². The highest BCUT2D eigenvalue weighted by Gasteiger charge is 2.50. The van der Waals surface area contributed by atoms with Gasteiger partial charge in [-0.3, -0.25) is 4.57 Å². The van der Waals surface area contributed by atoms with Gasteiger partial charge in [0.25, 0.3) is 0 Å². The topological polar surface area (TPSA) is 46.8 Å². The minimum absolute atomic E-state index is 0.592. The van der Waals surface area contributed by atoms with Crippen molar-refractivity contribution in [3.05, 3.63) is 246 Å². The van der Waals surface area contributed by atoms with Gasteiger partial charge in [0, 0.05) is 27.3 Å². The predicted molar refractivity (Wildman–Crippen MR) is 252 cm³/mol. The molecular formula is C57H37N5. The summed E-state index contributed by atoms with van der Waals surface area (Å²) in [7, 11) is 0. The first kappa shape index (κ1) is 34.7. The van der Waals surface area contributed by atoms with Gasteiger partial charge in [0.1, 0.15) is 0 Å². The van der Waals surface area contributed by atoms with E-state index in [2.05, 4.69) is 185 Å². The Morgan fingerprint density at radius 3 is 1.63 bits per heavy atom. The molecule has 0 amide bonds. The van der Waals surface area contributed by atoms with Crippen molar-refractivity contribution in [1.29, 1.82) is 0 Å². The van der Waals surface area contributed by atoms with Gasteiger partial charge in [-0.2, -0.15) is 9.97 Å². The summed E-state index contributed by atoms with van der Waals surface area (Å²) < 4.78 is 2.25. The highest BCUT2D eigenvalue weighted by atomic mass is 15.2. The van der Waals surface area contributed by atoms with Crippen LogP contribution in [0.1, 0.15) is 33.4 Å². The fourth-order valence-corrected chi connectivity index (χ4v) is 10.5. The molecule has 0 unspecified atom stereocenters. The fourth-order valence-electron chi connectivity index (χ4n) is 10.5. The molecule has 290 valence electrons. The smallest absolute Gasteiger partial charge is 0.238 e. The van der Waals surface area contributed by atoms with Gasteiger partial charge < -0.3 is 4.90 Å². The Morgan fingerprint density at radius 1 is 0.371 bits per heavy atom. The monoisotopic (exact) mass is 791 g/mol. The normalized spacial score (nSPS) is 13.5. The molecule has 9 aromatic carbocycles. The van der Waals surface area contributed by atoms with Gasteiger partial charge in [0.05, 0.1) is 33.5 Å². The van der Waals surface area contributed by atoms with Crippen LogP contribution in [0.2, 0.25) is 0 Å². The van der Waals surface area contributed by atoms with Crippen molar-refractivity contribution >= 4 is 49.6 Å². The summed E-state index contributed by atoms with van der Waals surface area (Å²) in [5, 5.41) is 4.75. The van der Waals surface area contributed by atoms with E-state index >= 15 is 0 Å². The Hall–Kier alpha value is -8.15.